The van der Waals surface area contributed by atoms with Crippen molar-refractivity contribution >= 4 is 11.6 Å². The van der Waals surface area contributed by atoms with Crippen LogP contribution in [0.5, 0.6) is 0 Å². The highest BCUT2D eigenvalue weighted by Crippen LogP contribution is 2.21. The minimum Gasteiger partial charge on any atom is -0.353 e. The van der Waals surface area contributed by atoms with Crippen LogP contribution in [0.1, 0.15) is 5.82 Å². The van der Waals surface area contributed by atoms with Crippen molar-refractivity contribution in [1.82, 2.24) is 24.7 Å². The van der Waals surface area contributed by atoms with Gasteiger partial charge >= 0.3 is 0 Å². The van der Waals surface area contributed by atoms with E-state index >= 15 is 0 Å². The Labute approximate surface area is 144 Å². The number of piperazine rings is 1. The van der Waals surface area contributed by atoms with E-state index in [4.69, 9.17) is 0 Å². The predicted molar refractivity (Wildman–Crippen MR) is 92.5 cm³/mol. The first kappa shape index (κ1) is 15.5. The number of nitrogens with zero attached hydrogens (tertiary/aromatic N) is 7. The van der Waals surface area contributed by atoms with Crippen molar-refractivity contribution in [3.8, 4) is 5.82 Å². The van der Waals surface area contributed by atoms with E-state index < -0.39 is 0 Å². The van der Waals surface area contributed by atoms with Crippen molar-refractivity contribution < 1.29 is 4.39 Å². The minimum atomic E-state index is -0.283. The highest BCUT2D eigenvalue weighted by molar-refractivity contribution is 5.48. The molecule has 1 aliphatic rings. The van der Waals surface area contributed by atoms with E-state index in [9.17, 15) is 4.39 Å². The van der Waals surface area contributed by atoms with Gasteiger partial charge in [0.05, 0.1) is 0 Å². The highest BCUT2D eigenvalue weighted by atomic mass is 19.1. The molecule has 0 aliphatic carbocycles. The van der Waals surface area contributed by atoms with E-state index in [1.165, 1.54) is 6.07 Å². The van der Waals surface area contributed by atoms with Crippen LogP contribution in [0.3, 0.4) is 0 Å². The molecule has 0 saturated carbocycles. The van der Waals surface area contributed by atoms with Gasteiger partial charge in [-0.15, -0.1) is 0 Å². The van der Waals surface area contributed by atoms with Crippen molar-refractivity contribution in [2.45, 2.75) is 6.92 Å². The van der Waals surface area contributed by atoms with Gasteiger partial charge in [-0.25, -0.2) is 24.0 Å². The Hall–Kier alpha value is -3.03. The van der Waals surface area contributed by atoms with Crippen LogP contribution >= 0.6 is 0 Å². The van der Waals surface area contributed by atoms with Crippen LogP contribution in [0.15, 0.2) is 42.9 Å². The fraction of sp³-hybridized carbons (Fsp3) is 0.294. The number of pyridine rings is 1. The first-order chi connectivity index (χ1) is 12.2. The first-order valence-electron chi connectivity index (χ1n) is 8.17. The maximum atomic E-state index is 13.9. The second-order valence-electron chi connectivity index (χ2n) is 5.87. The van der Waals surface area contributed by atoms with Gasteiger partial charge in [0.2, 0.25) is 0 Å². The Balaban J connectivity index is 1.52. The van der Waals surface area contributed by atoms with Gasteiger partial charge in [0, 0.05) is 50.8 Å². The van der Waals surface area contributed by atoms with Gasteiger partial charge in [-0.2, -0.15) is 5.10 Å². The van der Waals surface area contributed by atoms with E-state index in [2.05, 4.69) is 25.0 Å². The lowest BCUT2D eigenvalue weighted by Gasteiger charge is -2.36. The summed E-state index contributed by atoms with van der Waals surface area (Å²) in [6.07, 6.45) is 5.19. The molecule has 0 radical (unpaired) electrons. The molecule has 8 heteroatoms. The van der Waals surface area contributed by atoms with Crippen LogP contribution < -0.4 is 9.80 Å². The summed E-state index contributed by atoms with van der Waals surface area (Å²) in [6, 6.07) is 6.84. The third-order valence-electron chi connectivity index (χ3n) is 4.19. The molecule has 0 bridgehead atoms. The van der Waals surface area contributed by atoms with E-state index in [1.54, 1.807) is 23.1 Å². The number of aromatic nitrogens is 5. The number of rotatable bonds is 3. The molecule has 3 aromatic rings. The topological polar surface area (TPSA) is 63.0 Å². The van der Waals surface area contributed by atoms with E-state index in [0.29, 0.717) is 24.7 Å². The fourth-order valence-corrected chi connectivity index (χ4v) is 2.98. The van der Waals surface area contributed by atoms with Gasteiger partial charge in [0.1, 0.15) is 11.6 Å². The number of halogens is 1. The molecule has 128 valence electrons. The smallest absolute Gasteiger partial charge is 0.165 e. The normalized spacial score (nSPS) is 14.8. The molecular formula is C17H18FN7. The summed E-state index contributed by atoms with van der Waals surface area (Å²) < 4.78 is 15.6. The Morgan fingerprint density at radius 3 is 2.44 bits per heavy atom. The molecule has 0 amide bonds. The molecular weight excluding hydrogens is 321 g/mol. The van der Waals surface area contributed by atoms with Crippen molar-refractivity contribution in [2.24, 2.45) is 0 Å². The van der Waals surface area contributed by atoms with Crippen molar-refractivity contribution in [1.29, 1.82) is 0 Å². The summed E-state index contributed by atoms with van der Waals surface area (Å²) in [5.41, 5.74) is 0. The van der Waals surface area contributed by atoms with Gasteiger partial charge in [-0.1, -0.05) is 0 Å². The molecule has 3 aromatic heterocycles. The average Bonchev–Trinajstić information content (AvgIpc) is 3.17. The lowest BCUT2D eigenvalue weighted by Crippen LogP contribution is -2.47. The highest BCUT2D eigenvalue weighted by Gasteiger charge is 2.22. The summed E-state index contributed by atoms with van der Waals surface area (Å²) in [6.45, 7) is 4.73. The maximum absolute atomic E-state index is 13.9. The van der Waals surface area contributed by atoms with E-state index in [0.717, 1.165) is 24.7 Å². The number of anilines is 2. The molecule has 0 N–H and O–H groups in total. The standard InChI is InChI=1S/C17H18FN7/c1-13-21-15(12-16(22-13)25-7-3-6-20-25)23-8-10-24(11-9-23)17-14(18)4-2-5-19-17/h2-7,12H,8-11H2,1H3. The zero-order valence-corrected chi connectivity index (χ0v) is 13.9. The van der Waals surface area contributed by atoms with Gasteiger partial charge in [-0.3, -0.25) is 0 Å². The fourth-order valence-electron chi connectivity index (χ4n) is 2.98. The molecule has 1 aliphatic heterocycles. The number of hydrogen-bond donors (Lipinski definition) is 0. The summed E-state index contributed by atoms with van der Waals surface area (Å²) in [5, 5.41) is 4.22. The Morgan fingerprint density at radius 1 is 0.960 bits per heavy atom. The van der Waals surface area contributed by atoms with Gasteiger partial charge in [0.15, 0.2) is 17.5 Å². The lowest BCUT2D eigenvalue weighted by molar-refractivity contribution is 0.586. The van der Waals surface area contributed by atoms with Gasteiger partial charge < -0.3 is 9.80 Å². The monoisotopic (exact) mass is 339 g/mol. The Bertz CT molecular complexity index is 857. The summed E-state index contributed by atoms with van der Waals surface area (Å²) >= 11 is 0. The summed E-state index contributed by atoms with van der Waals surface area (Å²) in [7, 11) is 0. The second-order valence-corrected chi connectivity index (χ2v) is 5.87. The van der Waals surface area contributed by atoms with Gasteiger partial charge in [-0.05, 0) is 25.1 Å². The summed E-state index contributed by atoms with van der Waals surface area (Å²) in [4.78, 5) is 17.3. The molecule has 1 saturated heterocycles. The maximum Gasteiger partial charge on any atom is 0.165 e. The van der Waals surface area contributed by atoms with Crippen molar-refractivity contribution in [2.75, 3.05) is 36.0 Å². The Morgan fingerprint density at radius 2 is 1.72 bits per heavy atom. The van der Waals surface area contributed by atoms with Crippen molar-refractivity contribution in [3.05, 3.63) is 54.5 Å². The zero-order chi connectivity index (χ0) is 17.2. The quantitative estimate of drug-likeness (QED) is 0.725. The molecule has 0 unspecified atom stereocenters. The lowest BCUT2D eigenvalue weighted by atomic mass is 10.3. The molecule has 1 fully saturated rings. The largest absolute Gasteiger partial charge is 0.353 e. The molecule has 0 spiro atoms. The number of aryl methyl sites for hydroxylation is 1. The minimum absolute atomic E-state index is 0.283. The van der Waals surface area contributed by atoms with Crippen LogP contribution in [0, 0.1) is 12.7 Å². The predicted octanol–water partition coefficient (Wildman–Crippen LogP) is 1.83. The number of hydrogen-bond acceptors (Lipinski definition) is 6. The molecule has 4 rings (SSSR count). The van der Waals surface area contributed by atoms with Crippen LogP contribution in [0.2, 0.25) is 0 Å². The molecule has 0 aromatic carbocycles. The SMILES string of the molecule is Cc1nc(N2CCN(c3ncccc3F)CC2)cc(-n2cccn2)n1. The zero-order valence-electron chi connectivity index (χ0n) is 13.9. The molecule has 4 heterocycles. The first-order valence-corrected chi connectivity index (χ1v) is 8.17. The third-order valence-corrected chi connectivity index (χ3v) is 4.19. The second kappa shape index (κ2) is 6.46. The summed E-state index contributed by atoms with van der Waals surface area (Å²) in [5.74, 6) is 2.43. The van der Waals surface area contributed by atoms with Crippen LogP contribution in [-0.4, -0.2) is 50.9 Å². The van der Waals surface area contributed by atoms with E-state index in [-0.39, 0.29) is 5.82 Å². The van der Waals surface area contributed by atoms with E-state index in [1.807, 2.05) is 30.2 Å². The third kappa shape index (κ3) is 3.15. The molecule has 0 atom stereocenters. The van der Waals surface area contributed by atoms with Crippen LogP contribution in [-0.2, 0) is 0 Å². The van der Waals surface area contributed by atoms with Crippen LogP contribution in [0.25, 0.3) is 5.82 Å². The van der Waals surface area contributed by atoms with Crippen molar-refractivity contribution in [3.63, 3.8) is 0 Å². The molecule has 25 heavy (non-hydrogen) atoms. The van der Waals surface area contributed by atoms with Crippen LogP contribution in [0.4, 0.5) is 16.0 Å². The molecule has 7 nitrogen and oxygen atoms in total. The Kier molecular flexibility index (Phi) is 4.01. The average molecular weight is 339 g/mol. The van der Waals surface area contributed by atoms with Gasteiger partial charge in [0.25, 0.3) is 0 Å².